The summed E-state index contributed by atoms with van der Waals surface area (Å²) in [4.78, 5) is 1.48. The van der Waals surface area contributed by atoms with Crippen LogP contribution < -0.4 is 5.32 Å². The van der Waals surface area contributed by atoms with E-state index >= 15 is 0 Å². The van der Waals surface area contributed by atoms with Gasteiger partial charge in [0.2, 0.25) is 0 Å². The summed E-state index contributed by atoms with van der Waals surface area (Å²) >= 11 is 1.87. The van der Waals surface area contributed by atoms with Crippen molar-refractivity contribution < 1.29 is 0 Å². The van der Waals surface area contributed by atoms with Crippen molar-refractivity contribution in [1.82, 2.24) is 15.1 Å². The Morgan fingerprint density at radius 1 is 1.50 bits per heavy atom. The number of aromatic nitrogens is 2. The maximum Gasteiger partial charge on any atom is 0.0637 e. The molecule has 3 nitrogen and oxygen atoms in total. The van der Waals surface area contributed by atoms with Gasteiger partial charge in [-0.1, -0.05) is 6.07 Å². The van der Waals surface area contributed by atoms with Gasteiger partial charge in [0, 0.05) is 37.1 Å². The summed E-state index contributed by atoms with van der Waals surface area (Å²) in [5, 5.41) is 10.3. The van der Waals surface area contributed by atoms with Crippen molar-refractivity contribution in [3.63, 3.8) is 0 Å². The lowest BCUT2D eigenvalue weighted by atomic mass is 10.1. The highest BCUT2D eigenvalue weighted by atomic mass is 32.1. The van der Waals surface area contributed by atoms with Gasteiger partial charge in [0.15, 0.2) is 0 Å². The Bertz CT molecular complexity index is 485. The van der Waals surface area contributed by atoms with Gasteiger partial charge in [0.1, 0.15) is 0 Å². The van der Waals surface area contributed by atoms with Crippen molar-refractivity contribution in [2.75, 3.05) is 6.54 Å². The minimum atomic E-state index is 0.564. The lowest BCUT2D eigenvalue weighted by Gasteiger charge is -2.16. The summed E-state index contributed by atoms with van der Waals surface area (Å²) in [5.74, 6) is 0.854. The molecular weight excluding hydrogens is 242 g/mol. The van der Waals surface area contributed by atoms with Gasteiger partial charge in [-0.05, 0) is 36.3 Å². The van der Waals surface area contributed by atoms with E-state index in [1.165, 1.54) is 23.4 Å². The highest BCUT2D eigenvalue weighted by Gasteiger charge is 2.32. The largest absolute Gasteiger partial charge is 0.309 e. The van der Waals surface area contributed by atoms with Crippen LogP contribution >= 0.6 is 11.3 Å². The summed E-state index contributed by atoms with van der Waals surface area (Å²) in [6, 6.07) is 7.06. The molecule has 1 unspecified atom stereocenters. The predicted octanol–water partition coefficient (Wildman–Crippen LogP) is 2.77. The Hall–Kier alpha value is -1.13. The van der Waals surface area contributed by atoms with Crippen molar-refractivity contribution in [1.29, 1.82) is 0 Å². The van der Waals surface area contributed by atoms with Crippen LogP contribution in [-0.4, -0.2) is 16.3 Å². The molecule has 0 bridgehead atoms. The first-order valence-electron chi connectivity index (χ1n) is 6.58. The van der Waals surface area contributed by atoms with Gasteiger partial charge in [-0.3, -0.25) is 4.68 Å². The molecule has 4 heteroatoms. The maximum atomic E-state index is 4.41. The second-order valence-corrected chi connectivity index (χ2v) is 5.99. The zero-order chi connectivity index (χ0) is 12.4. The van der Waals surface area contributed by atoms with Gasteiger partial charge in [0.05, 0.1) is 5.69 Å². The van der Waals surface area contributed by atoms with Crippen molar-refractivity contribution in [3.8, 4) is 0 Å². The average molecular weight is 261 g/mol. The zero-order valence-corrected chi connectivity index (χ0v) is 11.5. The molecule has 1 N–H and O–H groups in total. The Kier molecular flexibility index (Phi) is 3.48. The molecule has 18 heavy (non-hydrogen) atoms. The number of hydrogen-bond acceptors (Lipinski definition) is 3. The van der Waals surface area contributed by atoms with Crippen LogP contribution in [0.15, 0.2) is 29.8 Å². The molecule has 3 rings (SSSR count). The average Bonchev–Trinajstić information content (AvgIpc) is 2.88. The molecule has 1 aliphatic carbocycles. The smallest absolute Gasteiger partial charge is 0.0637 e. The van der Waals surface area contributed by atoms with Crippen molar-refractivity contribution >= 4 is 11.3 Å². The van der Waals surface area contributed by atoms with Crippen LogP contribution in [0, 0.1) is 5.92 Å². The molecule has 2 heterocycles. The third-order valence-corrected chi connectivity index (χ3v) is 4.41. The standard InChI is InChI=1S/C14H19N3S/c1-17-9-7-12(16-17)6-8-15-14(11-4-5-11)13-3-2-10-18-13/h2-3,7,9-11,14-15H,4-6,8H2,1H3. The summed E-state index contributed by atoms with van der Waals surface area (Å²) in [6.45, 7) is 1.01. The van der Waals surface area contributed by atoms with Gasteiger partial charge in [-0.15, -0.1) is 11.3 Å². The van der Waals surface area contributed by atoms with E-state index in [1.807, 2.05) is 29.3 Å². The van der Waals surface area contributed by atoms with Gasteiger partial charge in [-0.2, -0.15) is 5.10 Å². The Balaban J connectivity index is 1.54. The maximum absolute atomic E-state index is 4.41. The Morgan fingerprint density at radius 3 is 3.00 bits per heavy atom. The monoisotopic (exact) mass is 261 g/mol. The fraction of sp³-hybridized carbons (Fsp3) is 0.500. The van der Waals surface area contributed by atoms with E-state index < -0.39 is 0 Å². The topological polar surface area (TPSA) is 29.9 Å². The molecule has 2 aromatic heterocycles. The summed E-state index contributed by atoms with van der Waals surface area (Å²) in [5.41, 5.74) is 1.17. The van der Waals surface area contributed by atoms with E-state index in [-0.39, 0.29) is 0 Å². The first-order chi connectivity index (χ1) is 8.83. The number of nitrogens with zero attached hydrogens (tertiary/aromatic N) is 2. The van der Waals surface area contributed by atoms with Crippen LogP contribution in [0.2, 0.25) is 0 Å². The summed E-state index contributed by atoms with van der Waals surface area (Å²) in [7, 11) is 1.97. The number of hydrogen-bond donors (Lipinski definition) is 1. The van der Waals surface area contributed by atoms with Crippen LogP contribution in [0.25, 0.3) is 0 Å². The van der Waals surface area contributed by atoms with E-state index in [1.54, 1.807) is 0 Å². The molecule has 1 saturated carbocycles. The van der Waals surface area contributed by atoms with Crippen LogP contribution in [0.5, 0.6) is 0 Å². The predicted molar refractivity (Wildman–Crippen MR) is 74.7 cm³/mol. The molecule has 1 atom stereocenters. The number of nitrogens with one attached hydrogen (secondary N) is 1. The molecule has 0 radical (unpaired) electrons. The molecule has 1 fully saturated rings. The van der Waals surface area contributed by atoms with E-state index in [0.29, 0.717) is 6.04 Å². The third kappa shape index (κ3) is 2.82. The highest BCUT2D eigenvalue weighted by Crippen LogP contribution is 2.42. The van der Waals surface area contributed by atoms with Gasteiger partial charge in [0.25, 0.3) is 0 Å². The van der Waals surface area contributed by atoms with E-state index in [0.717, 1.165) is 18.9 Å². The van der Waals surface area contributed by atoms with Crippen molar-refractivity contribution in [2.24, 2.45) is 13.0 Å². The number of aryl methyl sites for hydroxylation is 1. The van der Waals surface area contributed by atoms with E-state index in [2.05, 4.69) is 34.0 Å². The third-order valence-electron chi connectivity index (χ3n) is 3.46. The first kappa shape index (κ1) is 11.9. The van der Waals surface area contributed by atoms with Gasteiger partial charge < -0.3 is 5.32 Å². The summed E-state index contributed by atoms with van der Waals surface area (Å²) < 4.78 is 1.87. The van der Waals surface area contributed by atoms with Crippen molar-refractivity contribution in [2.45, 2.75) is 25.3 Å². The van der Waals surface area contributed by atoms with Gasteiger partial charge >= 0.3 is 0 Å². The summed E-state index contributed by atoms with van der Waals surface area (Å²) in [6.07, 6.45) is 5.76. The van der Waals surface area contributed by atoms with Crippen LogP contribution in [-0.2, 0) is 13.5 Å². The molecule has 0 aliphatic heterocycles. The van der Waals surface area contributed by atoms with Crippen LogP contribution in [0.1, 0.15) is 29.5 Å². The van der Waals surface area contributed by atoms with Gasteiger partial charge in [-0.25, -0.2) is 0 Å². The molecule has 96 valence electrons. The fourth-order valence-corrected chi connectivity index (χ4v) is 3.24. The molecule has 0 aromatic carbocycles. The second-order valence-electron chi connectivity index (χ2n) is 5.02. The minimum absolute atomic E-state index is 0.564. The first-order valence-corrected chi connectivity index (χ1v) is 7.46. The lowest BCUT2D eigenvalue weighted by molar-refractivity contribution is 0.489. The number of thiophene rings is 1. The molecule has 1 aliphatic rings. The van der Waals surface area contributed by atoms with Crippen LogP contribution in [0.3, 0.4) is 0 Å². The van der Waals surface area contributed by atoms with Crippen LogP contribution in [0.4, 0.5) is 0 Å². The lowest BCUT2D eigenvalue weighted by Crippen LogP contribution is -2.24. The highest BCUT2D eigenvalue weighted by molar-refractivity contribution is 7.10. The Labute approximate surface area is 112 Å². The van der Waals surface area contributed by atoms with Crippen molar-refractivity contribution in [3.05, 3.63) is 40.3 Å². The Morgan fingerprint density at radius 2 is 2.39 bits per heavy atom. The zero-order valence-electron chi connectivity index (χ0n) is 10.7. The van der Waals surface area contributed by atoms with E-state index in [9.17, 15) is 0 Å². The number of rotatable bonds is 6. The molecule has 0 spiro atoms. The van der Waals surface area contributed by atoms with E-state index in [4.69, 9.17) is 0 Å². The quantitative estimate of drug-likeness (QED) is 0.866. The minimum Gasteiger partial charge on any atom is -0.309 e. The second kappa shape index (κ2) is 5.24. The molecular formula is C14H19N3S. The molecule has 0 amide bonds. The normalized spacial score (nSPS) is 16.9. The molecule has 0 saturated heterocycles. The SMILES string of the molecule is Cn1ccc(CCNC(c2cccs2)C2CC2)n1. The molecule has 2 aromatic rings. The fourth-order valence-electron chi connectivity index (χ4n) is 2.35.